The van der Waals surface area contributed by atoms with Crippen LogP contribution in [0.3, 0.4) is 0 Å². The highest BCUT2D eigenvalue weighted by atomic mass is 19.1. The number of anilines is 2. The number of hydrogen-bond donors (Lipinski definition) is 4. The van der Waals surface area contributed by atoms with Crippen molar-refractivity contribution in [1.29, 1.82) is 0 Å². The Labute approximate surface area is 159 Å². The van der Waals surface area contributed by atoms with Crippen molar-refractivity contribution in [3.63, 3.8) is 0 Å². The van der Waals surface area contributed by atoms with Crippen LogP contribution in [-0.2, 0) is 9.53 Å². The van der Waals surface area contributed by atoms with Crippen LogP contribution in [0.1, 0.15) is 18.5 Å². The molecule has 146 valence electrons. The zero-order chi connectivity index (χ0) is 20.1. The standard InChI is InChI=1S/C18H19FN6O3/c1-10(26)21-17-13-8-20-16(7-14(13)24-25-17)23-18(27)22-15(9-28-2)11-3-5-12(19)6-4-11/h3-8,15H,9H2,1-2H3,(H2,20,22,23,27)(H2,21,24,25,26)/t15-/m1/s1. The number of methoxy groups -OCH3 is 1. The number of amides is 3. The summed E-state index contributed by atoms with van der Waals surface area (Å²) in [5.41, 5.74) is 1.30. The van der Waals surface area contributed by atoms with E-state index in [0.29, 0.717) is 28.1 Å². The number of carbonyl (C=O) groups is 2. The lowest BCUT2D eigenvalue weighted by molar-refractivity contribution is -0.114. The number of aromatic amines is 1. The minimum absolute atomic E-state index is 0.214. The molecule has 3 amide bonds. The number of urea groups is 1. The van der Waals surface area contributed by atoms with Crippen molar-refractivity contribution in [2.24, 2.45) is 0 Å². The predicted octanol–water partition coefficient (Wildman–Crippen LogP) is 2.56. The third-order valence-electron chi connectivity index (χ3n) is 3.89. The van der Waals surface area contributed by atoms with Crippen LogP contribution in [0.25, 0.3) is 10.9 Å². The van der Waals surface area contributed by atoms with Gasteiger partial charge in [-0.25, -0.2) is 14.2 Å². The van der Waals surface area contributed by atoms with Gasteiger partial charge in [0.05, 0.1) is 23.6 Å². The molecule has 28 heavy (non-hydrogen) atoms. The number of benzene rings is 1. The van der Waals surface area contributed by atoms with E-state index in [2.05, 4.69) is 31.1 Å². The number of nitrogens with zero attached hydrogens (tertiary/aromatic N) is 2. The van der Waals surface area contributed by atoms with Gasteiger partial charge < -0.3 is 15.4 Å². The predicted molar refractivity (Wildman–Crippen MR) is 101 cm³/mol. The van der Waals surface area contributed by atoms with Crippen molar-refractivity contribution in [2.45, 2.75) is 13.0 Å². The Morgan fingerprint density at radius 1 is 1.25 bits per heavy atom. The Morgan fingerprint density at radius 2 is 2.00 bits per heavy atom. The molecule has 3 aromatic rings. The van der Waals surface area contributed by atoms with E-state index in [0.717, 1.165) is 0 Å². The lowest BCUT2D eigenvalue weighted by Gasteiger charge is -2.18. The van der Waals surface area contributed by atoms with Crippen molar-refractivity contribution in [3.8, 4) is 0 Å². The Hall–Kier alpha value is -3.53. The molecule has 0 fully saturated rings. The van der Waals surface area contributed by atoms with E-state index >= 15 is 0 Å². The van der Waals surface area contributed by atoms with Gasteiger partial charge in [-0.05, 0) is 17.7 Å². The highest BCUT2D eigenvalue weighted by molar-refractivity contribution is 5.99. The number of pyridine rings is 1. The Balaban J connectivity index is 1.70. The van der Waals surface area contributed by atoms with E-state index in [1.165, 1.54) is 32.4 Å². The number of rotatable bonds is 6. The van der Waals surface area contributed by atoms with Gasteiger partial charge in [-0.1, -0.05) is 12.1 Å². The summed E-state index contributed by atoms with van der Waals surface area (Å²) < 4.78 is 18.2. The van der Waals surface area contributed by atoms with Crippen molar-refractivity contribution >= 4 is 34.5 Å². The number of aromatic nitrogens is 3. The number of hydrogen-bond acceptors (Lipinski definition) is 5. The minimum Gasteiger partial charge on any atom is -0.382 e. The molecule has 3 rings (SSSR count). The fourth-order valence-electron chi connectivity index (χ4n) is 2.64. The molecule has 2 aromatic heterocycles. The molecular weight excluding hydrogens is 367 g/mol. The van der Waals surface area contributed by atoms with E-state index < -0.39 is 12.1 Å². The lowest BCUT2D eigenvalue weighted by Crippen LogP contribution is -2.35. The van der Waals surface area contributed by atoms with Gasteiger partial charge in [0.2, 0.25) is 5.91 Å². The topological polar surface area (TPSA) is 121 Å². The maximum Gasteiger partial charge on any atom is 0.320 e. The summed E-state index contributed by atoms with van der Waals surface area (Å²) in [7, 11) is 1.51. The summed E-state index contributed by atoms with van der Waals surface area (Å²) in [5.74, 6) is 0.0424. The van der Waals surface area contributed by atoms with Crippen LogP contribution in [0.4, 0.5) is 20.8 Å². The summed E-state index contributed by atoms with van der Waals surface area (Å²) in [6, 6.07) is 6.43. The molecule has 0 spiro atoms. The molecule has 0 unspecified atom stereocenters. The molecule has 1 aromatic carbocycles. The lowest BCUT2D eigenvalue weighted by atomic mass is 10.1. The monoisotopic (exact) mass is 386 g/mol. The maximum absolute atomic E-state index is 13.1. The Kier molecular flexibility index (Phi) is 5.80. The number of H-pyrrole nitrogens is 1. The fourth-order valence-corrected chi connectivity index (χ4v) is 2.64. The quantitative estimate of drug-likeness (QED) is 0.519. The summed E-state index contributed by atoms with van der Waals surface area (Å²) in [6.07, 6.45) is 1.49. The summed E-state index contributed by atoms with van der Waals surface area (Å²) >= 11 is 0. The van der Waals surface area contributed by atoms with Crippen LogP contribution in [0.2, 0.25) is 0 Å². The van der Waals surface area contributed by atoms with Crippen molar-refractivity contribution in [1.82, 2.24) is 20.5 Å². The molecule has 0 aliphatic rings. The molecule has 0 aliphatic carbocycles. The van der Waals surface area contributed by atoms with Gasteiger partial charge in [0.25, 0.3) is 0 Å². The molecule has 0 saturated heterocycles. The Morgan fingerprint density at radius 3 is 2.68 bits per heavy atom. The zero-order valence-corrected chi connectivity index (χ0v) is 15.2. The average Bonchev–Trinajstić information content (AvgIpc) is 3.03. The van der Waals surface area contributed by atoms with Crippen molar-refractivity contribution in [3.05, 3.63) is 47.9 Å². The van der Waals surface area contributed by atoms with E-state index in [9.17, 15) is 14.0 Å². The fraction of sp³-hybridized carbons (Fsp3) is 0.222. The first kappa shape index (κ1) is 19.2. The highest BCUT2D eigenvalue weighted by Gasteiger charge is 2.16. The van der Waals surface area contributed by atoms with Crippen LogP contribution in [-0.4, -0.2) is 40.8 Å². The van der Waals surface area contributed by atoms with E-state index in [-0.39, 0.29) is 18.3 Å². The molecule has 0 radical (unpaired) electrons. The molecule has 0 bridgehead atoms. The average molecular weight is 386 g/mol. The Bertz CT molecular complexity index is 989. The first-order valence-corrected chi connectivity index (χ1v) is 8.40. The van der Waals surface area contributed by atoms with Crippen LogP contribution in [0, 0.1) is 5.82 Å². The molecule has 2 heterocycles. The number of fused-ring (bicyclic) bond motifs is 1. The van der Waals surface area contributed by atoms with Gasteiger partial charge in [0.1, 0.15) is 11.6 Å². The molecular formula is C18H19FN6O3. The third-order valence-corrected chi connectivity index (χ3v) is 3.89. The van der Waals surface area contributed by atoms with Gasteiger partial charge in [-0.3, -0.25) is 15.2 Å². The van der Waals surface area contributed by atoms with Crippen LogP contribution in [0.15, 0.2) is 36.5 Å². The number of ether oxygens (including phenoxy) is 1. The molecule has 4 N–H and O–H groups in total. The number of nitrogens with one attached hydrogen (secondary N) is 4. The van der Waals surface area contributed by atoms with Crippen LogP contribution < -0.4 is 16.0 Å². The molecule has 10 heteroatoms. The second kappa shape index (κ2) is 8.44. The number of halogens is 1. The van der Waals surface area contributed by atoms with Crippen LogP contribution >= 0.6 is 0 Å². The largest absolute Gasteiger partial charge is 0.382 e. The molecule has 0 saturated carbocycles. The first-order chi connectivity index (χ1) is 13.5. The summed E-state index contributed by atoms with van der Waals surface area (Å²) in [5, 5.41) is 15.4. The smallest absolute Gasteiger partial charge is 0.320 e. The van der Waals surface area contributed by atoms with Gasteiger partial charge in [0, 0.05) is 26.3 Å². The van der Waals surface area contributed by atoms with E-state index in [1.807, 2.05) is 0 Å². The van der Waals surface area contributed by atoms with E-state index in [1.54, 1.807) is 18.2 Å². The second-order valence-corrected chi connectivity index (χ2v) is 6.03. The number of carbonyl (C=O) groups excluding carboxylic acids is 2. The second-order valence-electron chi connectivity index (χ2n) is 6.03. The summed E-state index contributed by atoms with van der Waals surface area (Å²) in [4.78, 5) is 27.7. The molecule has 0 aliphatic heterocycles. The maximum atomic E-state index is 13.1. The van der Waals surface area contributed by atoms with Gasteiger partial charge in [-0.2, -0.15) is 5.10 Å². The van der Waals surface area contributed by atoms with Crippen molar-refractivity contribution in [2.75, 3.05) is 24.4 Å². The SMILES string of the molecule is COC[C@@H](NC(=O)Nc1cc2[nH]nc(NC(C)=O)c2cn1)c1ccc(F)cc1. The zero-order valence-electron chi connectivity index (χ0n) is 15.2. The van der Waals surface area contributed by atoms with E-state index in [4.69, 9.17) is 4.74 Å². The van der Waals surface area contributed by atoms with Crippen molar-refractivity contribution < 1.29 is 18.7 Å². The first-order valence-electron chi connectivity index (χ1n) is 8.40. The van der Waals surface area contributed by atoms with Crippen LogP contribution in [0.5, 0.6) is 0 Å². The highest BCUT2D eigenvalue weighted by Crippen LogP contribution is 2.22. The normalized spacial score (nSPS) is 11.8. The molecule has 1 atom stereocenters. The molecule has 9 nitrogen and oxygen atoms in total. The van der Waals surface area contributed by atoms with Gasteiger partial charge in [0.15, 0.2) is 5.82 Å². The van der Waals surface area contributed by atoms with Gasteiger partial charge in [-0.15, -0.1) is 0 Å². The minimum atomic E-state index is -0.500. The third kappa shape index (κ3) is 4.60. The summed E-state index contributed by atoms with van der Waals surface area (Å²) in [6.45, 7) is 1.60. The van der Waals surface area contributed by atoms with Gasteiger partial charge >= 0.3 is 6.03 Å².